The Morgan fingerprint density at radius 3 is 2.78 bits per heavy atom. The number of fused-ring (bicyclic) bond motifs is 2. The van der Waals surface area contributed by atoms with Gasteiger partial charge in [-0.15, -0.1) is 0 Å². The summed E-state index contributed by atoms with van der Waals surface area (Å²) in [6, 6.07) is 10.1. The topological polar surface area (TPSA) is 64.4 Å². The number of nitrogens with zero attached hydrogens (tertiary/aromatic N) is 3. The van der Waals surface area contributed by atoms with E-state index in [0.29, 0.717) is 19.4 Å². The van der Waals surface area contributed by atoms with Gasteiger partial charge in [0.1, 0.15) is 6.54 Å². The number of rotatable bonds is 6. The Balaban J connectivity index is 1.62. The van der Waals surface area contributed by atoms with Crippen LogP contribution in [0.2, 0.25) is 0 Å². The molecule has 3 heterocycles. The maximum Gasteiger partial charge on any atom is 0.314 e. The van der Waals surface area contributed by atoms with E-state index >= 15 is 0 Å². The summed E-state index contributed by atoms with van der Waals surface area (Å²) >= 11 is 0. The highest BCUT2D eigenvalue weighted by molar-refractivity contribution is 5.84. The van der Waals surface area contributed by atoms with Crippen LogP contribution in [-0.4, -0.2) is 45.0 Å². The minimum Gasteiger partial charge on any atom is -0.465 e. The van der Waals surface area contributed by atoms with Crippen LogP contribution in [0, 0.1) is 5.41 Å². The minimum absolute atomic E-state index is 0.0553. The van der Waals surface area contributed by atoms with E-state index in [0.717, 1.165) is 18.4 Å². The molecule has 0 radical (unpaired) electrons. The minimum atomic E-state index is -0.648. The fourth-order valence-corrected chi connectivity index (χ4v) is 4.89. The van der Waals surface area contributed by atoms with Crippen LogP contribution in [0.15, 0.2) is 49.1 Å². The van der Waals surface area contributed by atoms with Gasteiger partial charge in [-0.25, -0.2) is 4.98 Å². The summed E-state index contributed by atoms with van der Waals surface area (Å²) in [7, 11) is 0. The first-order valence-corrected chi connectivity index (χ1v) is 9.62. The van der Waals surface area contributed by atoms with Crippen LogP contribution >= 0.6 is 0 Å². The van der Waals surface area contributed by atoms with Crippen LogP contribution in [0.3, 0.4) is 0 Å². The molecule has 2 fully saturated rings. The summed E-state index contributed by atoms with van der Waals surface area (Å²) < 4.78 is 7.28. The van der Waals surface area contributed by atoms with Crippen molar-refractivity contribution in [1.29, 1.82) is 0 Å². The lowest BCUT2D eigenvalue weighted by atomic mass is 9.70. The zero-order chi connectivity index (χ0) is 18.9. The Morgan fingerprint density at radius 2 is 2.07 bits per heavy atom. The van der Waals surface area contributed by atoms with Crippen molar-refractivity contribution < 1.29 is 14.3 Å². The molecule has 0 saturated carbocycles. The fourth-order valence-electron chi connectivity index (χ4n) is 4.89. The van der Waals surface area contributed by atoms with Crippen LogP contribution in [0.5, 0.6) is 0 Å². The van der Waals surface area contributed by atoms with E-state index < -0.39 is 5.41 Å². The molecule has 2 aliphatic rings. The van der Waals surface area contributed by atoms with Crippen molar-refractivity contribution in [2.75, 3.05) is 6.61 Å². The van der Waals surface area contributed by atoms with Crippen LogP contribution in [-0.2, 0) is 27.3 Å². The molecule has 27 heavy (non-hydrogen) atoms. The molecule has 3 atom stereocenters. The van der Waals surface area contributed by atoms with Crippen LogP contribution in [0.4, 0.5) is 0 Å². The van der Waals surface area contributed by atoms with E-state index in [1.54, 1.807) is 23.3 Å². The average Bonchev–Trinajstić information content (AvgIpc) is 3.38. The molecule has 6 heteroatoms. The standard InChI is InChI=1S/C21H25N3O3/c1-2-27-20(26)21(12-16-6-4-3-5-7-16)13-17-8-9-18(21)24(17)19(25)14-23-11-10-22-15-23/h3-7,10-11,15,17-18H,2,8-9,12-14H2,1H3/t17-,18+,21+/m1/s1. The summed E-state index contributed by atoms with van der Waals surface area (Å²) in [6.07, 6.45) is 8.22. The molecule has 6 nitrogen and oxygen atoms in total. The molecule has 0 spiro atoms. The predicted octanol–water partition coefficient (Wildman–Crippen LogP) is 2.44. The number of hydrogen-bond donors (Lipinski definition) is 0. The molecule has 2 aromatic rings. The van der Waals surface area contributed by atoms with Gasteiger partial charge in [-0.3, -0.25) is 9.59 Å². The predicted molar refractivity (Wildman–Crippen MR) is 99.7 cm³/mol. The largest absolute Gasteiger partial charge is 0.465 e. The highest BCUT2D eigenvalue weighted by Crippen LogP contribution is 2.52. The maximum atomic E-state index is 13.1. The third kappa shape index (κ3) is 3.13. The van der Waals surface area contributed by atoms with E-state index in [2.05, 4.69) is 4.98 Å². The lowest BCUT2D eigenvalue weighted by molar-refractivity contribution is -0.158. The number of esters is 1. The molecule has 142 valence electrons. The summed E-state index contributed by atoms with van der Waals surface area (Å²) in [6.45, 7) is 2.45. The van der Waals surface area contributed by atoms with Gasteiger partial charge >= 0.3 is 5.97 Å². The Morgan fingerprint density at radius 1 is 1.26 bits per heavy atom. The molecule has 1 aromatic heterocycles. The summed E-state index contributed by atoms with van der Waals surface area (Å²) in [5, 5.41) is 0. The van der Waals surface area contributed by atoms with Crippen molar-refractivity contribution in [1.82, 2.24) is 14.5 Å². The van der Waals surface area contributed by atoms with Crippen molar-refractivity contribution in [3.05, 3.63) is 54.6 Å². The Bertz CT molecular complexity index is 805. The van der Waals surface area contributed by atoms with Crippen molar-refractivity contribution in [2.45, 2.75) is 51.2 Å². The van der Waals surface area contributed by atoms with Gasteiger partial charge < -0.3 is 14.2 Å². The van der Waals surface area contributed by atoms with Gasteiger partial charge in [-0.2, -0.15) is 0 Å². The van der Waals surface area contributed by atoms with Crippen molar-refractivity contribution in [3.63, 3.8) is 0 Å². The van der Waals surface area contributed by atoms with Crippen LogP contribution in [0.1, 0.15) is 31.7 Å². The molecular weight excluding hydrogens is 342 g/mol. The van der Waals surface area contributed by atoms with Gasteiger partial charge in [-0.05, 0) is 38.2 Å². The van der Waals surface area contributed by atoms with E-state index in [1.807, 2.05) is 42.2 Å². The highest BCUT2D eigenvalue weighted by atomic mass is 16.5. The molecule has 0 aliphatic carbocycles. The van der Waals surface area contributed by atoms with Crippen molar-refractivity contribution >= 4 is 11.9 Å². The van der Waals surface area contributed by atoms with Gasteiger partial charge in [-0.1, -0.05) is 30.3 Å². The van der Waals surface area contributed by atoms with Crippen LogP contribution in [0.25, 0.3) is 0 Å². The zero-order valence-electron chi connectivity index (χ0n) is 15.6. The molecule has 0 unspecified atom stereocenters. The summed E-state index contributed by atoms with van der Waals surface area (Å²) in [4.78, 5) is 32.1. The molecule has 4 rings (SSSR count). The van der Waals surface area contributed by atoms with Gasteiger partial charge in [0.05, 0.1) is 18.3 Å². The van der Waals surface area contributed by atoms with Gasteiger partial charge in [0, 0.05) is 24.5 Å². The SMILES string of the molecule is CCOC(=O)[C@@]1(Cc2ccccc2)C[C@H]2CC[C@@H]1N2C(=O)Cn1ccnc1. The first-order chi connectivity index (χ1) is 13.1. The third-order valence-corrected chi connectivity index (χ3v) is 5.95. The number of amides is 1. The molecule has 2 bridgehead atoms. The number of benzene rings is 1. The van der Waals surface area contributed by atoms with E-state index in [-0.39, 0.29) is 30.5 Å². The van der Waals surface area contributed by atoms with Gasteiger partial charge in [0.15, 0.2) is 0 Å². The smallest absolute Gasteiger partial charge is 0.314 e. The first-order valence-electron chi connectivity index (χ1n) is 9.62. The van der Waals surface area contributed by atoms with Gasteiger partial charge in [0.25, 0.3) is 0 Å². The lowest BCUT2D eigenvalue weighted by Gasteiger charge is -2.35. The van der Waals surface area contributed by atoms with Gasteiger partial charge in [0.2, 0.25) is 5.91 Å². The fraction of sp³-hybridized carbons (Fsp3) is 0.476. The number of carbonyl (C=O) groups is 2. The third-order valence-electron chi connectivity index (χ3n) is 5.95. The molecular formula is C21H25N3O3. The molecule has 2 saturated heterocycles. The maximum absolute atomic E-state index is 13.1. The normalized spacial score (nSPS) is 26.3. The Labute approximate surface area is 159 Å². The monoisotopic (exact) mass is 367 g/mol. The number of hydrogen-bond acceptors (Lipinski definition) is 4. The number of ether oxygens (including phenoxy) is 1. The van der Waals surface area contributed by atoms with E-state index in [9.17, 15) is 9.59 Å². The summed E-state index contributed by atoms with van der Waals surface area (Å²) in [5.41, 5.74) is 0.463. The molecule has 0 N–H and O–H groups in total. The number of aromatic nitrogens is 2. The number of imidazole rings is 1. The molecule has 1 aromatic carbocycles. The highest BCUT2D eigenvalue weighted by Gasteiger charge is 2.61. The van der Waals surface area contributed by atoms with Crippen LogP contribution < -0.4 is 0 Å². The second kappa shape index (κ2) is 7.18. The zero-order valence-corrected chi connectivity index (χ0v) is 15.6. The quantitative estimate of drug-likeness (QED) is 0.736. The molecule has 1 amide bonds. The Kier molecular flexibility index (Phi) is 4.72. The van der Waals surface area contributed by atoms with E-state index in [4.69, 9.17) is 4.74 Å². The molecule has 2 aliphatic heterocycles. The van der Waals surface area contributed by atoms with Crippen molar-refractivity contribution in [3.8, 4) is 0 Å². The van der Waals surface area contributed by atoms with E-state index in [1.165, 1.54) is 0 Å². The Hall–Kier alpha value is -2.63. The first kappa shape index (κ1) is 17.8. The number of carbonyl (C=O) groups excluding carboxylic acids is 2. The lowest BCUT2D eigenvalue weighted by Crippen LogP contribution is -2.47. The second-order valence-electron chi connectivity index (χ2n) is 7.53. The average molecular weight is 367 g/mol. The summed E-state index contributed by atoms with van der Waals surface area (Å²) in [5.74, 6) is -0.110. The second-order valence-corrected chi connectivity index (χ2v) is 7.53. The van der Waals surface area contributed by atoms with Crippen molar-refractivity contribution in [2.24, 2.45) is 5.41 Å².